The first-order valence-corrected chi connectivity index (χ1v) is 8.08. The summed E-state index contributed by atoms with van der Waals surface area (Å²) >= 11 is 0. The van der Waals surface area contributed by atoms with Crippen LogP contribution >= 0.6 is 0 Å². The summed E-state index contributed by atoms with van der Waals surface area (Å²) in [7, 11) is 0. The Balaban J connectivity index is 2.12. The molecule has 1 heterocycles. The number of carbonyl (C=O) groups is 1. The number of anilines is 2. The molecule has 3 N–H and O–H groups in total. The lowest BCUT2D eigenvalue weighted by Crippen LogP contribution is -2.42. The van der Waals surface area contributed by atoms with Crippen molar-refractivity contribution in [2.45, 2.75) is 19.4 Å². The van der Waals surface area contributed by atoms with Crippen molar-refractivity contribution in [3.05, 3.63) is 60.2 Å². The number of hydrogen-bond acceptors (Lipinski definition) is 6. The minimum atomic E-state index is -1.11. The fourth-order valence-corrected chi connectivity index (χ4v) is 2.71. The van der Waals surface area contributed by atoms with Gasteiger partial charge in [-0.15, -0.1) is 0 Å². The van der Waals surface area contributed by atoms with Gasteiger partial charge in [-0.1, -0.05) is 42.5 Å². The summed E-state index contributed by atoms with van der Waals surface area (Å²) in [5.41, 5.74) is 6.21. The molecule has 0 aliphatic rings. The average Bonchev–Trinajstić information content (AvgIpc) is 2.62. The second-order valence-corrected chi connectivity index (χ2v) is 5.78. The largest absolute Gasteiger partial charge is 0.464 e. The van der Waals surface area contributed by atoms with Gasteiger partial charge in [-0.3, -0.25) is 0 Å². The van der Waals surface area contributed by atoms with Crippen molar-refractivity contribution in [1.82, 2.24) is 9.97 Å². The molecule has 6 heteroatoms. The van der Waals surface area contributed by atoms with Gasteiger partial charge in [0.15, 0.2) is 5.54 Å². The van der Waals surface area contributed by atoms with Gasteiger partial charge in [-0.2, -0.15) is 4.98 Å². The average molecular weight is 336 g/mol. The SMILES string of the molecule is CCOC(=O)C(C)(Nc1nc(N)nc2ccccc12)c1ccccc1. The fraction of sp³-hybridized carbons (Fsp3) is 0.211. The molecule has 0 spiro atoms. The van der Waals surface area contributed by atoms with Gasteiger partial charge in [-0.25, -0.2) is 9.78 Å². The highest BCUT2D eigenvalue weighted by Crippen LogP contribution is 2.30. The zero-order chi connectivity index (χ0) is 17.9. The Kier molecular flexibility index (Phi) is 4.52. The van der Waals surface area contributed by atoms with E-state index in [9.17, 15) is 4.79 Å². The van der Waals surface area contributed by atoms with Crippen LogP contribution in [-0.4, -0.2) is 22.5 Å². The summed E-state index contributed by atoms with van der Waals surface area (Å²) in [5, 5.41) is 4.02. The zero-order valence-electron chi connectivity index (χ0n) is 14.2. The Hall–Kier alpha value is -3.15. The molecule has 3 aromatic rings. The van der Waals surface area contributed by atoms with Crippen LogP contribution in [-0.2, 0) is 15.1 Å². The summed E-state index contributed by atoms with van der Waals surface area (Å²) in [5.74, 6) is 0.241. The van der Waals surface area contributed by atoms with Gasteiger partial charge in [0.2, 0.25) is 5.95 Å². The highest BCUT2D eigenvalue weighted by Gasteiger charge is 2.37. The Morgan fingerprint density at radius 2 is 1.80 bits per heavy atom. The molecule has 0 aliphatic heterocycles. The van der Waals surface area contributed by atoms with Crippen molar-refractivity contribution >= 4 is 28.6 Å². The molecule has 25 heavy (non-hydrogen) atoms. The maximum atomic E-state index is 12.7. The first kappa shape index (κ1) is 16.7. The number of carbonyl (C=O) groups excluding carboxylic acids is 1. The standard InChI is InChI=1S/C19H20N4O2/c1-3-25-17(24)19(2,13-9-5-4-6-10-13)23-16-14-11-7-8-12-15(14)21-18(20)22-16/h4-12H,3H2,1-2H3,(H3,20,21,22,23). The van der Waals surface area contributed by atoms with Crippen molar-refractivity contribution < 1.29 is 9.53 Å². The van der Waals surface area contributed by atoms with Gasteiger partial charge in [0, 0.05) is 5.39 Å². The number of nitrogens with zero attached hydrogens (tertiary/aromatic N) is 2. The first-order valence-electron chi connectivity index (χ1n) is 8.08. The number of hydrogen-bond donors (Lipinski definition) is 2. The molecule has 0 saturated heterocycles. The lowest BCUT2D eigenvalue weighted by atomic mass is 9.91. The van der Waals surface area contributed by atoms with Gasteiger partial charge < -0.3 is 15.8 Å². The maximum absolute atomic E-state index is 12.7. The zero-order valence-corrected chi connectivity index (χ0v) is 14.2. The van der Waals surface area contributed by atoms with Gasteiger partial charge in [0.25, 0.3) is 0 Å². The van der Waals surface area contributed by atoms with E-state index in [1.54, 1.807) is 13.8 Å². The van der Waals surface area contributed by atoms with E-state index in [1.807, 2.05) is 54.6 Å². The molecule has 6 nitrogen and oxygen atoms in total. The molecule has 0 radical (unpaired) electrons. The predicted molar refractivity (Wildman–Crippen MR) is 98.0 cm³/mol. The predicted octanol–water partition coefficient (Wildman–Crippen LogP) is 3.10. The number of nitrogens with two attached hydrogens (primary N) is 1. The highest BCUT2D eigenvalue weighted by atomic mass is 16.5. The second-order valence-electron chi connectivity index (χ2n) is 5.78. The molecule has 0 saturated carbocycles. The molecule has 0 aliphatic carbocycles. The van der Waals surface area contributed by atoms with Gasteiger partial charge >= 0.3 is 5.97 Å². The highest BCUT2D eigenvalue weighted by molar-refractivity contribution is 5.93. The number of ether oxygens (including phenoxy) is 1. The number of esters is 1. The third-order valence-corrected chi connectivity index (χ3v) is 4.02. The van der Waals surface area contributed by atoms with E-state index >= 15 is 0 Å². The van der Waals surface area contributed by atoms with Crippen LogP contribution in [0.25, 0.3) is 10.9 Å². The molecular weight excluding hydrogens is 316 g/mol. The molecule has 0 amide bonds. The van der Waals surface area contributed by atoms with Crippen LogP contribution in [0.5, 0.6) is 0 Å². The molecule has 3 rings (SSSR count). The number of aromatic nitrogens is 2. The molecule has 128 valence electrons. The Morgan fingerprint density at radius 1 is 1.12 bits per heavy atom. The van der Waals surface area contributed by atoms with Crippen LogP contribution < -0.4 is 11.1 Å². The molecule has 1 atom stereocenters. The number of para-hydroxylation sites is 1. The van der Waals surface area contributed by atoms with Crippen molar-refractivity contribution in [2.75, 3.05) is 17.7 Å². The van der Waals surface area contributed by atoms with Gasteiger partial charge in [0.05, 0.1) is 12.1 Å². The summed E-state index contributed by atoms with van der Waals surface area (Å²) < 4.78 is 5.30. The summed E-state index contributed by atoms with van der Waals surface area (Å²) in [6.07, 6.45) is 0. The van der Waals surface area contributed by atoms with E-state index in [0.29, 0.717) is 11.3 Å². The molecule has 2 aromatic carbocycles. The van der Waals surface area contributed by atoms with E-state index in [4.69, 9.17) is 10.5 Å². The number of benzene rings is 2. The fourth-order valence-electron chi connectivity index (χ4n) is 2.71. The van der Waals surface area contributed by atoms with Crippen LogP contribution in [0.3, 0.4) is 0 Å². The number of nitrogens with one attached hydrogen (secondary N) is 1. The van der Waals surface area contributed by atoms with Crippen molar-refractivity contribution in [3.8, 4) is 0 Å². The van der Waals surface area contributed by atoms with Crippen LogP contribution in [0, 0.1) is 0 Å². The van der Waals surface area contributed by atoms with Crippen LogP contribution in [0.2, 0.25) is 0 Å². The van der Waals surface area contributed by atoms with Gasteiger partial charge in [-0.05, 0) is 31.5 Å². The van der Waals surface area contributed by atoms with E-state index in [2.05, 4.69) is 15.3 Å². The second kappa shape index (κ2) is 6.76. The quantitative estimate of drug-likeness (QED) is 0.696. The lowest BCUT2D eigenvalue weighted by Gasteiger charge is -2.30. The van der Waals surface area contributed by atoms with Crippen molar-refractivity contribution in [2.24, 2.45) is 0 Å². The van der Waals surface area contributed by atoms with Gasteiger partial charge in [0.1, 0.15) is 5.82 Å². The van der Waals surface area contributed by atoms with E-state index in [1.165, 1.54) is 0 Å². The molecular formula is C19H20N4O2. The number of nitrogen functional groups attached to an aromatic ring is 1. The van der Waals surface area contributed by atoms with Crippen LogP contribution in [0.1, 0.15) is 19.4 Å². The third kappa shape index (κ3) is 3.24. The minimum Gasteiger partial charge on any atom is -0.464 e. The minimum absolute atomic E-state index is 0.139. The van der Waals surface area contributed by atoms with Crippen LogP contribution in [0.15, 0.2) is 54.6 Å². The van der Waals surface area contributed by atoms with E-state index < -0.39 is 5.54 Å². The Labute approximate surface area is 146 Å². The van der Waals surface area contributed by atoms with Crippen LogP contribution in [0.4, 0.5) is 11.8 Å². The summed E-state index contributed by atoms with van der Waals surface area (Å²) in [4.78, 5) is 21.3. The third-order valence-electron chi connectivity index (χ3n) is 4.02. The smallest absolute Gasteiger partial charge is 0.336 e. The Bertz CT molecular complexity index is 898. The maximum Gasteiger partial charge on any atom is 0.336 e. The molecule has 1 unspecified atom stereocenters. The summed E-state index contributed by atoms with van der Waals surface area (Å²) in [6, 6.07) is 16.9. The summed E-state index contributed by atoms with van der Waals surface area (Å²) in [6.45, 7) is 3.84. The van der Waals surface area contributed by atoms with E-state index in [0.717, 1.165) is 10.9 Å². The monoisotopic (exact) mass is 336 g/mol. The number of fused-ring (bicyclic) bond motifs is 1. The number of rotatable bonds is 5. The first-order chi connectivity index (χ1) is 12.0. The lowest BCUT2D eigenvalue weighted by molar-refractivity contribution is -0.148. The Morgan fingerprint density at radius 3 is 2.52 bits per heavy atom. The van der Waals surface area contributed by atoms with E-state index in [-0.39, 0.29) is 18.5 Å². The normalized spacial score (nSPS) is 13.2. The molecule has 0 fully saturated rings. The molecule has 0 bridgehead atoms. The molecule has 1 aromatic heterocycles. The van der Waals surface area contributed by atoms with Crippen molar-refractivity contribution in [3.63, 3.8) is 0 Å². The topological polar surface area (TPSA) is 90.1 Å². The van der Waals surface area contributed by atoms with Crippen molar-refractivity contribution in [1.29, 1.82) is 0 Å².